The summed E-state index contributed by atoms with van der Waals surface area (Å²) in [6.07, 6.45) is 2.05. The predicted molar refractivity (Wildman–Crippen MR) is 110 cm³/mol. The zero-order chi connectivity index (χ0) is 23.0. The first-order chi connectivity index (χ1) is 15.1. The van der Waals surface area contributed by atoms with Crippen LogP contribution < -0.4 is 15.0 Å². The van der Waals surface area contributed by atoms with Gasteiger partial charge in [-0.3, -0.25) is 9.69 Å². The van der Waals surface area contributed by atoms with Gasteiger partial charge in [-0.25, -0.2) is 27.6 Å². The number of rotatable bonds is 4. The maximum Gasteiger partial charge on any atom is 0.407 e. The number of aromatic nitrogens is 2. The molecular weight excluding hydrogens is 445 g/mol. The van der Waals surface area contributed by atoms with E-state index in [4.69, 9.17) is 9.84 Å². The molecule has 4 rings (SSSR count). The van der Waals surface area contributed by atoms with Gasteiger partial charge in [-0.15, -0.1) is 0 Å². The Morgan fingerprint density at radius 2 is 2.00 bits per heavy atom. The van der Waals surface area contributed by atoms with Gasteiger partial charge in [-0.1, -0.05) is 0 Å². The zero-order valence-electron chi connectivity index (χ0n) is 17.0. The van der Waals surface area contributed by atoms with Crippen molar-refractivity contribution in [3.63, 3.8) is 0 Å². The van der Waals surface area contributed by atoms with Gasteiger partial charge in [0, 0.05) is 25.4 Å². The summed E-state index contributed by atoms with van der Waals surface area (Å²) in [6, 6.07) is 3.17. The Balaban J connectivity index is 1.62. The molecule has 1 saturated heterocycles. The summed E-state index contributed by atoms with van der Waals surface area (Å²) in [5, 5.41) is 11.9. The van der Waals surface area contributed by atoms with Crippen LogP contribution in [0.4, 0.5) is 26.5 Å². The largest absolute Gasteiger partial charge is 0.476 e. The molecule has 32 heavy (non-hydrogen) atoms. The van der Waals surface area contributed by atoms with Gasteiger partial charge in [0.15, 0.2) is 28.1 Å². The minimum atomic E-state index is -3.57. The maximum absolute atomic E-state index is 14.5. The van der Waals surface area contributed by atoms with Crippen molar-refractivity contribution < 1.29 is 32.2 Å². The van der Waals surface area contributed by atoms with E-state index in [2.05, 4.69) is 15.3 Å². The molecule has 2 aromatic rings. The first-order valence-corrected chi connectivity index (χ1v) is 11.6. The third-order valence-electron chi connectivity index (χ3n) is 5.34. The number of likely N-dealkylation sites (tertiary alicyclic amines) is 1. The van der Waals surface area contributed by atoms with E-state index in [1.807, 2.05) is 0 Å². The average molecular weight is 465 g/mol. The Morgan fingerprint density at radius 1 is 1.28 bits per heavy atom. The highest BCUT2D eigenvalue weighted by atomic mass is 32.2. The van der Waals surface area contributed by atoms with Crippen molar-refractivity contribution in [2.45, 2.75) is 23.8 Å². The van der Waals surface area contributed by atoms with Crippen molar-refractivity contribution in [3.8, 4) is 5.75 Å². The number of carboxylic acid groups (broad SMARTS) is 1. The van der Waals surface area contributed by atoms with E-state index in [-0.39, 0.29) is 59.6 Å². The number of nitrogens with zero attached hydrogens (tertiary/aromatic N) is 4. The fraction of sp³-hybridized carbons (Fsp3) is 0.368. The van der Waals surface area contributed by atoms with E-state index in [9.17, 15) is 22.4 Å². The van der Waals surface area contributed by atoms with Crippen LogP contribution in [0.3, 0.4) is 0 Å². The van der Waals surface area contributed by atoms with Crippen LogP contribution in [0, 0.1) is 5.82 Å². The zero-order valence-corrected chi connectivity index (χ0v) is 17.8. The molecule has 0 saturated carbocycles. The molecule has 1 fully saturated rings. The first kappa shape index (κ1) is 21.7. The Hall–Kier alpha value is -3.48. The van der Waals surface area contributed by atoms with E-state index < -0.39 is 21.7 Å². The Bertz CT molecular complexity index is 1180. The monoisotopic (exact) mass is 465 g/mol. The van der Waals surface area contributed by atoms with E-state index in [0.29, 0.717) is 12.8 Å². The fourth-order valence-electron chi connectivity index (χ4n) is 3.73. The number of fused-ring (bicyclic) bond motifs is 1. The lowest BCUT2D eigenvalue weighted by molar-refractivity contribution is -0.122. The van der Waals surface area contributed by atoms with Gasteiger partial charge < -0.3 is 20.1 Å². The second-order valence-corrected chi connectivity index (χ2v) is 9.48. The van der Waals surface area contributed by atoms with Gasteiger partial charge in [0.05, 0.1) is 10.6 Å². The Kier molecular flexibility index (Phi) is 5.59. The second-order valence-electron chi connectivity index (χ2n) is 7.47. The average Bonchev–Trinajstić information content (AvgIpc) is 2.74. The van der Waals surface area contributed by atoms with Crippen molar-refractivity contribution in [2.75, 3.05) is 36.2 Å². The normalized spacial score (nSPS) is 17.0. The van der Waals surface area contributed by atoms with E-state index in [1.165, 1.54) is 28.3 Å². The number of benzene rings is 1. The minimum Gasteiger partial charge on any atom is -0.476 e. The molecule has 0 aliphatic carbocycles. The topological polar surface area (TPSA) is 142 Å². The van der Waals surface area contributed by atoms with Gasteiger partial charge in [0.2, 0.25) is 5.75 Å². The predicted octanol–water partition coefficient (Wildman–Crippen LogP) is 1.63. The van der Waals surface area contributed by atoms with Gasteiger partial charge in [0.1, 0.15) is 12.1 Å². The van der Waals surface area contributed by atoms with Crippen molar-refractivity contribution in [1.29, 1.82) is 0 Å². The summed E-state index contributed by atoms with van der Waals surface area (Å²) in [4.78, 5) is 34.6. The molecule has 170 valence electrons. The Morgan fingerprint density at radius 3 is 2.62 bits per heavy atom. The van der Waals surface area contributed by atoms with E-state index in [0.717, 1.165) is 12.3 Å². The molecule has 0 spiro atoms. The smallest absolute Gasteiger partial charge is 0.407 e. The van der Waals surface area contributed by atoms with Crippen LogP contribution in [0.5, 0.6) is 5.75 Å². The molecule has 1 aromatic heterocycles. The lowest BCUT2D eigenvalue weighted by Crippen LogP contribution is -2.51. The van der Waals surface area contributed by atoms with Crippen molar-refractivity contribution in [3.05, 3.63) is 30.3 Å². The van der Waals surface area contributed by atoms with Crippen LogP contribution >= 0.6 is 0 Å². The number of carbonyl (C=O) groups excluding carboxylic acids is 1. The third-order valence-corrected chi connectivity index (χ3v) is 6.45. The lowest BCUT2D eigenvalue weighted by atomic mass is 10.0. The van der Waals surface area contributed by atoms with Gasteiger partial charge in [-0.2, -0.15) is 0 Å². The number of anilines is 3. The van der Waals surface area contributed by atoms with Crippen molar-refractivity contribution in [1.82, 2.24) is 14.9 Å². The van der Waals surface area contributed by atoms with Gasteiger partial charge in [-0.05, 0) is 31.0 Å². The number of hydrogen-bond acceptors (Lipinski definition) is 8. The van der Waals surface area contributed by atoms with Crippen LogP contribution in [0.15, 0.2) is 29.4 Å². The number of sulfone groups is 1. The standard InChI is InChI=1S/C19H20FN5O6S/c1-32(29,30)12-2-3-14(13(20)8-12)23-17-16-18(22-10-21-17)25(15(26)9-31-16)11-4-6-24(7-5-11)19(27)28/h2-3,8,10-11H,4-7,9H2,1H3,(H,27,28)(H,21,22,23). The molecule has 13 heteroatoms. The molecular formula is C19H20FN5O6S. The highest BCUT2D eigenvalue weighted by Gasteiger charge is 2.37. The van der Waals surface area contributed by atoms with E-state index >= 15 is 0 Å². The molecule has 0 radical (unpaired) electrons. The van der Waals surface area contributed by atoms with Crippen LogP contribution in [0.25, 0.3) is 0 Å². The SMILES string of the molecule is CS(=O)(=O)c1ccc(Nc2ncnc3c2OCC(=O)N3C2CCN(C(=O)O)CC2)c(F)c1. The maximum atomic E-state index is 14.5. The Labute approximate surface area is 182 Å². The summed E-state index contributed by atoms with van der Waals surface area (Å²) >= 11 is 0. The number of ether oxygens (including phenoxy) is 1. The molecule has 11 nitrogen and oxygen atoms in total. The fourth-order valence-corrected chi connectivity index (χ4v) is 4.36. The minimum absolute atomic E-state index is 0.0277. The number of piperidine rings is 1. The number of halogens is 1. The number of carbonyl (C=O) groups is 2. The summed E-state index contributed by atoms with van der Waals surface area (Å²) in [5.74, 6) is -0.647. The molecule has 2 N–H and O–H groups in total. The van der Waals surface area contributed by atoms with Crippen LogP contribution in [0.2, 0.25) is 0 Å². The molecule has 3 heterocycles. The molecule has 0 atom stereocenters. The van der Waals surface area contributed by atoms with Crippen LogP contribution in [0.1, 0.15) is 12.8 Å². The third kappa shape index (κ3) is 4.15. The summed E-state index contributed by atoms with van der Waals surface area (Å²) < 4.78 is 43.3. The van der Waals surface area contributed by atoms with Gasteiger partial charge in [0.25, 0.3) is 5.91 Å². The van der Waals surface area contributed by atoms with Crippen molar-refractivity contribution >= 4 is 39.2 Å². The number of nitrogens with one attached hydrogen (secondary N) is 1. The highest BCUT2D eigenvalue weighted by molar-refractivity contribution is 7.90. The molecule has 0 bridgehead atoms. The quantitative estimate of drug-likeness (QED) is 0.689. The summed E-state index contributed by atoms with van der Waals surface area (Å²) in [5.41, 5.74) is -0.0277. The molecule has 2 aliphatic rings. The lowest BCUT2D eigenvalue weighted by Gasteiger charge is -2.39. The number of amides is 2. The molecule has 1 aromatic carbocycles. The molecule has 0 unspecified atom stereocenters. The highest BCUT2D eigenvalue weighted by Crippen LogP contribution is 2.39. The first-order valence-electron chi connectivity index (χ1n) is 9.69. The van der Waals surface area contributed by atoms with Crippen LogP contribution in [-0.4, -0.2) is 72.4 Å². The summed E-state index contributed by atoms with van der Waals surface area (Å²) in [6.45, 7) is 0.297. The molecule has 2 amide bonds. The molecule has 2 aliphatic heterocycles. The number of hydrogen-bond donors (Lipinski definition) is 2. The van der Waals surface area contributed by atoms with Gasteiger partial charge >= 0.3 is 6.09 Å². The van der Waals surface area contributed by atoms with E-state index in [1.54, 1.807) is 0 Å². The van der Waals surface area contributed by atoms with Crippen LogP contribution in [-0.2, 0) is 14.6 Å². The van der Waals surface area contributed by atoms with Crippen molar-refractivity contribution in [2.24, 2.45) is 0 Å². The summed E-state index contributed by atoms with van der Waals surface area (Å²) in [7, 11) is -3.57. The second kappa shape index (κ2) is 8.22.